The van der Waals surface area contributed by atoms with Gasteiger partial charge < -0.3 is 9.73 Å². The van der Waals surface area contributed by atoms with E-state index in [9.17, 15) is 4.79 Å². The quantitative estimate of drug-likeness (QED) is 0.364. The lowest BCUT2D eigenvalue weighted by Crippen LogP contribution is -2.11. The third-order valence-corrected chi connectivity index (χ3v) is 4.95. The Morgan fingerprint density at radius 3 is 2.70 bits per heavy atom. The molecule has 0 saturated heterocycles. The first kappa shape index (κ1) is 18.0. The van der Waals surface area contributed by atoms with Gasteiger partial charge in [0, 0.05) is 20.7 Å². The predicted molar refractivity (Wildman–Crippen MR) is 112 cm³/mol. The third-order valence-electron chi connectivity index (χ3n) is 3.89. The molecule has 1 N–H and O–H groups in total. The Kier molecular flexibility index (Phi) is 4.91. The van der Waals surface area contributed by atoms with Crippen LogP contribution in [0.4, 0.5) is 5.69 Å². The second kappa shape index (κ2) is 7.35. The zero-order chi connectivity index (χ0) is 19.0. The molecular weight excluding hydrogens is 451 g/mol. The first-order chi connectivity index (χ1) is 13.0. The first-order valence-electron chi connectivity index (χ1n) is 7.92. The summed E-state index contributed by atoms with van der Waals surface area (Å²) in [4.78, 5) is 16.9. The van der Waals surface area contributed by atoms with E-state index in [-0.39, 0.29) is 5.91 Å². The third kappa shape index (κ3) is 3.86. The van der Waals surface area contributed by atoms with Crippen molar-refractivity contribution in [1.29, 1.82) is 0 Å². The summed E-state index contributed by atoms with van der Waals surface area (Å²) in [6, 6.07) is 17.5. The zero-order valence-corrected chi connectivity index (χ0v) is 16.8. The van der Waals surface area contributed by atoms with Crippen molar-refractivity contribution < 1.29 is 9.21 Å². The van der Waals surface area contributed by atoms with Gasteiger partial charge in [-0.15, -0.1) is 0 Å². The average molecular weight is 462 g/mol. The Hall–Kier alpha value is -2.34. The highest BCUT2D eigenvalue weighted by Gasteiger charge is 2.13. The number of benzene rings is 3. The van der Waals surface area contributed by atoms with Crippen LogP contribution >= 0.6 is 39.1 Å². The SMILES string of the molecule is O=C(Nc1ccc2oc(-c3cc(Br)ccc3Cl)nc2c1)c1cccc(Cl)c1. The fraction of sp³-hybridized carbons (Fsp3) is 0. The molecule has 0 bridgehead atoms. The fourth-order valence-electron chi connectivity index (χ4n) is 2.61. The summed E-state index contributed by atoms with van der Waals surface area (Å²) in [7, 11) is 0. The van der Waals surface area contributed by atoms with Crippen molar-refractivity contribution in [2.24, 2.45) is 0 Å². The average Bonchev–Trinajstić information content (AvgIpc) is 3.07. The number of carbonyl (C=O) groups excluding carboxylic acids is 1. The maximum atomic E-state index is 12.4. The number of fused-ring (bicyclic) bond motifs is 1. The molecule has 4 nitrogen and oxygen atoms in total. The van der Waals surface area contributed by atoms with Crippen molar-refractivity contribution in [2.75, 3.05) is 5.32 Å². The topological polar surface area (TPSA) is 55.1 Å². The van der Waals surface area contributed by atoms with Crippen LogP contribution in [0.25, 0.3) is 22.6 Å². The van der Waals surface area contributed by atoms with E-state index < -0.39 is 0 Å². The number of rotatable bonds is 3. The lowest BCUT2D eigenvalue weighted by molar-refractivity contribution is 0.102. The molecule has 0 aliphatic rings. The fourth-order valence-corrected chi connectivity index (χ4v) is 3.36. The van der Waals surface area contributed by atoms with Gasteiger partial charge in [0.2, 0.25) is 5.89 Å². The Labute approximate surface area is 173 Å². The molecule has 1 aromatic heterocycles. The molecule has 0 saturated carbocycles. The molecule has 1 heterocycles. The second-order valence-electron chi connectivity index (χ2n) is 5.79. The molecule has 27 heavy (non-hydrogen) atoms. The minimum absolute atomic E-state index is 0.254. The van der Waals surface area contributed by atoms with Gasteiger partial charge in [0.1, 0.15) is 5.52 Å². The van der Waals surface area contributed by atoms with Crippen LogP contribution in [-0.2, 0) is 0 Å². The van der Waals surface area contributed by atoms with E-state index in [1.165, 1.54) is 0 Å². The minimum Gasteiger partial charge on any atom is -0.436 e. The van der Waals surface area contributed by atoms with Gasteiger partial charge in [-0.25, -0.2) is 4.98 Å². The molecule has 0 unspecified atom stereocenters. The molecule has 0 aliphatic carbocycles. The number of amides is 1. The van der Waals surface area contributed by atoms with Gasteiger partial charge in [-0.2, -0.15) is 0 Å². The van der Waals surface area contributed by atoms with Crippen LogP contribution in [0.15, 0.2) is 69.6 Å². The molecule has 0 fully saturated rings. The van der Waals surface area contributed by atoms with Gasteiger partial charge in [0.15, 0.2) is 5.58 Å². The summed E-state index contributed by atoms with van der Waals surface area (Å²) >= 11 is 15.6. The van der Waals surface area contributed by atoms with Crippen molar-refractivity contribution in [3.63, 3.8) is 0 Å². The maximum absolute atomic E-state index is 12.4. The lowest BCUT2D eigenvalue weighted by Gasteiger charge is -2.05. The normalized spacial score (nSPS) is 10.9. The van der Waals surface area contributed by atoms with Crippen LogP contribution in [0.2, 0.25) is 10.0 Å². The van der Waals surface area contributed by atoms with Gasteiger partial charge in [-0.1, -0.05) is 45.2 Å². The van der Waals surface area contributed by atoms with E-state index in [0.717, 1.165) is 4.47 Å². The van der Waals surface area contributed by atoms with E-state index >= 15 is 0 Å². The van der Waals surface area contributed by atoms with Crippen LogP contribution in [-0.4, -0.2) is 10.9 Å². The summed E-state index contributed by atoms with van der Waals surface area (Å²) < 4.78 is 6.68. The van der Waals surface area contributed by atoms with E-state index in [0.29, 0.717) is 43.9 Å². The second-order valence-corrected chi connectivity index (χ2v) is 7.55. The summed E-state index contributed by atoms with van der Waals surface area (Å²) in [5, 5.41) is 3.88. The molecule has 3 aromatic carbocycles. The Morgan fingerprint density at radius 1 is 1.04 bits per heavy atom. The van der Waals surface area contributed by atoms with Crippen molar-refractivity contribution in [2.45, 2.75) is 0 Å². The van der Waals surface area contributed by atoms with Crippen molar-refractivity contribution >= 4 is 61.8 Å². The van der Waals surface area contributed by atoms with E-state index in [2.05, 4.69) is 26.2 Å². The van der Waals surface area contributed by atoms with Gasteiger partial charge in [-0.05, 0) is 54.6 Å². The smallest absolute Gasteiger partial charge is 0.255 e. The number of oxazole rings is 1. The highest BCUT2D eigenvalue weighted by Crippen LogP contribution is 2.33. The summed E-state index contributed by atoms with van der Waals surface area (Å²) in [5.41, 5.74) is 2.98. The molecule has 7 heteroatoms. The molecule has 134 valence electrons. The van der Waals surface area contributed by atoms with Crippen molar-refractivity contribution in [3.05, 3.63) is 80.7 Å². The van der Waals surface area contributed by atoms with Gasteiger partial charge in [0.05, 0.1) is 10.6 Å². The molecule has 0 spiro atoms. The van der Waals surface area contributed by atoms with Gasteiger partial charge in [-0.3, -0.25) is 4.79 Å². The molecule has 1 amide bonds. The Balaban J connectivity index is 1.65. The molecule has 0 radical (unpaired) electrons. The summed E-state index contributed by atoms with van der Waals surface area (Å²) in [5.74, 6) is 0.158. The number of hydrogen-bond acceptors (Lipinski definition) is 3. The highest BCUT2D eigenvalue weighted by atomic mass is 79.9. The van der Waals surface area contributed by atoms with E-state index in [1.54, 1.807) is 48.5 Å². The first-order valence-corrected chi connectivity index (χ1v) is 9.47. The predicted octanol–water partition coefficient (Wildman–Crippen LogP) is 6.82. The van der Waals surface area contributed by atoms with Crippen LogP contribution < -0.4 is 5.32 Å². The zero-order valence-electron chi connectivity index (χ0n) is 13.7. The molecular formula is C20H11BrCl2N2O2. The van der Waals surface area contributed by atoms with E-state index in [1.807, 2.05) is 12.1 Å². The van der Waals surface area contributed by atoms with Crippen LogP contribution in [0.3, 0.4) is 0 Å². The number of anilines is 1. The van der Waals surface area contributed by atoms with Crippen LogP contribution in [0.5, 0.6) is 0 Å². The maximum Gasteiger partial charge on any atom is 0.255 e. The monoisotopic (exact) mass is 460 g/mol. The minimum atomic E-state index is -0.254. The van der Waals surface area contributed by atoms with Crippen LogP contribution in [0, 0.1) is 0 Å². The molecule has 0 aliphatic heterocycles. The van der Waals surface area contributed by atoms with E-state index in [4.69, 9.17) is 27.6 Å². The number of aromatic nitrogens is 1. The molecule has 0 atom stereocenters. The van der Waals surface area contributed by atoms with Crippen molar-refractivity contribution in [3.8, 4) is 11.5 Å². The van der Waals surface area contributed by atoms with Gasteiger partial charge in [0.25, 0.3) is 5.91 Å². The number of hydrogen-bond donors (Lipinski definition) is 1. The number of halogens is 3. The highest BCUT2D eigenvalue weighted by molar-refractivity contribution is 9.10. The largest absolute Gasteiger partial charge is 0.436 e. The Morgan fingerprint density at radius 2 is 1.89 bits per heavy atom. The Bertz CT molecular complexity index is 1170. The summed E-state index contributed by atoms with van der Waals surface area (Å²) in [6.07, 6.45) is 0. The van der Waals surface area contributed by atoms with Gasteiger partial charge >= 0.3 is 0 Å². The molecule has 4 aromatic rings. The number of carbonyl (C=O) groups is 1. The number of nitrogens with one attached hydrogen (secondary N) is 1. The molecule has 4 rings (SSSR count). The standard InChI is InChI=1S/C20H11BrCl2N2O2/c21-12-4-6-16(23)15(9-12)20-25-17-10-14(5-7-18(17)27-20)24-19(26)11-2-1-3-13(22)8-11/h1-10H,(H,24,26). The van der Waals surface area contributed by atoms with Crippen LogP contribution in [0.1, 0.15) is 10.4 Å². The lowest BCUT2D eigenvalue weighted by atomic mass is 10.2. The number of nitrogens with zero attached hydrogens (tertiary/aromatic N) is 1. The van der Waals surface area contributed by atoms with Crippen molar-refractivity contribution in [1.82, 2.24) is 4.98 Å². The summed E-state index contributed by atoms with van der Waals surface area (Å²) in [6.45, 7) is 0.